The maximum Gasteiger partial charge on any atom is 0.305 e. The molecule has 0 radical (unpaired) electrons. The molecule has 3 heterocycles. The van der Waals surface area contributed by atoms with E-state index in [1.54, 1.807) is 36.0 Å². The van der Waals surface area contributed by atoms with E-state index in [-0.39, 0.29) is 57.4 Å². The zero-order chi connectivity index (χ0) is 28.7. The predicted molar refractivity (Wildman–Crippen MR) is 165 cm³/mol. The van der Waals surface area contributed by atoms with E-state index in [4.69, 9.17) is 27.9 Å². The van der Waals surface area contributed by atoms with Gasteiger partial charge in [0, 0.05) is 26.1 Å². The van der Waals surface area contributed by atoms with Crippen LogP contribution in [0.5, 0.6) is 5.75 Å². The van der Waals surface area contributed by atoms with Gasteiger partial charge >= 0.3 is 4.87 Å². The van der Waals surface area contributed by atoms with E-state index in [9.17, 15) is 14.4 Å². The average Bonchev–Trinajstić information content (AvgIpc) is 3.72. The molecule has 1 aromatic heterocycles. The van der Waals surface area contributed by atoms with E-state index in [0.29, 0.717) is 22.3 Å². The lowest BCUT2D eigenvalue weighted by molar-refractivity contribution is -0.123. The van der Waals surface area contributed by atoms with Gasteiger partial charge in [0.1, 0.15) is 12.4 Å². The molecule has 3 fully saturated rings. The van der Waals surface area contributed by atoms with E-state index in [0.717, 1.165) is 33.2 Å². The van der Waals surface area contributed by atoms with Gasteiger partial charge in [-0.3, -0.25) is 19.3 Å². The van der Waals surface area contributed by atoms with Crippen LogP contribution in [0.25, 0.3) is 0 Å². The fourth-order valence-corrected chi connectivity index (χ4v) is 10.9. The molecule has 4 aromatic rings. The van der Waals surface area contributed by atoms with Crippen LogP contribution in [0.1, 0.15) is 28.3 Å². The summed E-state index contributed by atoms with van der Waals surface area (Å²) in [7, 11) is 0. The summed E-state index contributed by atoms with van der Waals surface area (Å²) in [6, 6.07) is 22.6. The Hall–Kier alpha value is -3.04. The third kappa shape index (κ3) is 4.10. The molecule has 1 saturated heterocycles. The molecule has 6 nitrogen and oxygen atoms in total. The number of benzene rings is 3. The minimum Gasteiger partial charge on any atom is -0.489 e. The Kier molecular flexibility index (Phi) is 6.34. The van der Waals surface area contributed by atoms with Crippen LogP contribution in [0, 0.1) is 29.6 Å². The molecule has 7 atom stereocenters. The van der Waals surface area contributed by atoms with Crippen molar-refractivity contribution in [2.45, 2.75) is 29.2 Å². The molecule has 6 unspecified atom stereocenters. The van der Waals surface area contributed by atoms with Crippen molar-refractivity contribution < 1.29 is 14.3 Å². The number of imide groups is 1. The van der Waals surface area contributed by atoms with Gasteiger partial charge in [0.2, 0.25) is 11.8 Å². The molecule has 212 valence electrons. The van der Waals surface area contributed by atoms with Crippen molar-refractivity contribution in [3.63, 3.8) is 0 Å². The third-order valence-electron chi connectivity index (χ3n) is 9.37. The van der Waals surface area contributed by atoms with E-state index in [1.165, 1.54) is 16.2 Å². The van der Waals surface area contributed by atoms with Gasteiger partial charge in [-0.15, -0.1) is 11.8 Å². The molecular formula is C32H24Cl2N2O4S2. The minimum atomic E-state index is -0.346. The number of thioether (sulfide) groups is 1. The number of aromatic nitrogens is 1. The topological polar surface area (TPSA) is 79.5 Å². The predicted octanol–water partition coefficient (Wildman–Crippen LogP) is 7.00. The molecule has 3 aromatic carbocycles. The number of aromatic amines is 1. The number of carbonyl (C=O) groups is 2. The number of nitrogens with one attached hydrogen (secondary N) is 1. The Morgan fingerprint density at radius 1 is 0.833 bits per heavy atom. The number of hydrogen-bond donors (Lipinski definition) is 1. The summed E-state index contributed by atoms with van der Waals surface area (Å²) in [5.41, 5.74) is 2.70. The fraction of sp³-hybridized carbons (Fsp3) is 0.281. The zero-order valence-electron chi connectivity index (χ0n) is 22.0. The number of nitrogens with zero attached hydrogens (tertiary/aromatic N) is 1. The number of hydrogen-bond acceptors (Lipinski definition) is 6. The van der Waals surface area contributed by atoms with Gasteiger partial charge < -0.3 is 9.72 Å². The van der Waals surface area contributed by atoms with Crippen LogP contribution in [0.4, 0.5) is 5.69 Å². The number of thiazole rings is 1. The highest BCUT2D eigenvalue weighted by atomic mass is 35.5. The Morgan fingerprint density at radius 2 is 1.48 bits per heavy atom. The Labute approximate surface area is 260 Å². The molecule has 2 bridgehead atoms. The van der Waals surface area contributed by atoms with Crippen LogP contribution in [0.3, 0.4) is 0 Å². The quantitative estimate of drug-likeness (QED) is 0.239. The van der Waals surface area contributed by atoms with Crippen molar-refractivity contribution in [3.05, 3.63) is 109 Å². The number of fused-ring (bicyclic) bond motifs is 9. The van der Waals surface area contributed by atoms with Gasteiger partial charge in [0.15, 0.2) is 0 Å². The molecule has 2 saturated carbocycles. The maximum absolute atomic E-state index is 13.9. The maximum atomic E-state index is 13.9. The second kappa shape index (κ2) is 10.0. The van der Waals surface area contributed by atoms with Gasteiger partial charge in [0.25, 0.3) is 0 Å². The van der Waals surface area contributed by atoms with Crippen molar-refractivity contribution in [1.29, 1.82) is 0 Å². The molecule has 42 heavy (non-hydrogen) atoms. The molecule has 4 aliphatic rings. The van der Waals surface area contributed by atoms with Crippen LogP contribution < -0.4 is 14.5 Å². The van der Waals surface area contributed by atoms with Crippen molar-refractivity contribution >= 4 is 63.8 Å². The summed E-state index contributed by atoms with van der Waals surface area (Å²) in [5, 5.41) is 2.29. The monoisotopic (exact) mass is 634 g/mol. The standard InChI is InChI=1S/C32H24Cl2N2O4S2/c33-17-5-1-15(2-6-17)14-40-20-11-3-16(4-12-20)23-24-21-13-22(27(24)41-29-28(23)42-32(39)35-29)26-25(21)30(37)36(31(26)38)19-9-7-18(34)8-10-19/h1-12,21-27H,13-14H2,(H,35,39)/t21?,22?,23-,24?,25?,26?,27?/m1/s1. The van der Waals surface area contributed by atoms with E-state index >= 15 is 0 Å². The number of amides is 2. The zero-order valence-corrected chi connectivity index (χ0v) is 25.2. The first-order valence-electron chi connectivity index (χ1n) is 13.9. The number of rotatable bonds is 5. The second-order valence-corrected chi connectivity index (χ2v) is 14.5. The van der Waals surface area contributed by atoms with Gasteiger partial charge in [-0.25, -0.2) is 0 Å². The SMILES string of the molecule is O=C1C2C3CC(C2C(=O)N1c1ccc(Cl)cc1)C1C3Sc2[nH]c(=O)sc2[C@@H]1c1ccc(OCc2ccc(Cl)cc2)cc1. The molecule has 0 spiro atoms. The lowest BCUT2D eigenvalue weighted by atomic mass is 9.68. The minimum absolute atomic E-state index is 0.0380. The first-order valence-corrected chi connectivity index (χ1v) is 16.3. The number of anilines is 1. The van der Waals surface area contributed by atoms with Crippen LogP contribution in [-0.2, 0) is 16.2 Å². The number of carbonyl (C=O) groups excluding carboxylic acids is 2. The van der Waals surface area contributed by atoms with Crippen molar-refractivity contribution in [3.8, 4) is 5.75 Å². The number of ether oxygens (including phenoxy) is 1. The van der Waals surface area contributed by atoms with Crippen molar-refractivity contribution in [2.75, 3.05) is 4.90 Å². The van der Waals surface area contributed by atoms with Crippen LogP contribution in [0.2, 0.25) is 10.0 Å². The highest BCUT2D eigenvalue weighted by Gasteiger charge is 2.69. The van der Waals surface area contributed by atoms with Crippen molar-refractivity contribution in [1.82, 2.24) is 4.98 Å². The largest absolute Gasteiger partial charge is 0.489 e. The molecule has 2 aliphatic heterocycles. The molecule has 2 aliphatic carbocycles. The van der Waals surface area contributed by atoms with E-state index in [1.807, 2.05) is 36.4 Å². The first kappa shape index (κ1) is 26.6. The normalized spacial score (nSPS) is 29.0. The summed E-state index contributed by atoms with van der Waals surface area (Å²) < 4.78 is 6.03. The lowest BCUT2D eigenvalue weighted by Gasteiger charge is -2.43. The highest BCUT2D eigenvalue weighted by molar-refractivity contribution is 8.00. The van der Waals surface area contributed by atoms with Crippen molar-refractivity contribution in [2.24, 2.45) is 29.6 Å². The molecule has 10 heteroatoms. The van der Waals surface area contributed by atoms with Gasteiger partial charge in [-0.1, -0.05) is 58.8 Å². The Morgan fingerprint density at radius 3 is 2.17 bits per heavy atom. The van der Waals surface area contributed by atoms with Gasteiger partial charge in [0.05, 0.1) is 22.5 Å². The summed E-state index contributed by atoms with van der Waals surface area (Å²) in [6.07, 6.45) is 0.849. The first-order chi connectivity index (χ1) is 20.4. The number of halogens is 2. The van der Waals surface area contributed by atoms with E-state index in [2.05, 4.69) is 17.1 Å². The summed E-state index contributed by atoms with van der Waals surface area (Å²) in [4.78, 5) is 45.6. The smallest absolute Gasteiger partial charge is 0.305 e. The van der Waals surface area contributed by atoms with Crippen LogP contribution >= 0.6 is 46.3 Å². The van der Waals surface area contributed by atoms with Crippen LogP contribution in [0.15, 0.2) is 82.6 Å². The van der Waals surface area contributed by atoms with E-state index < -0.39 is 0 Å². The molecule has 2 amide bonds. The number of H-pyrrole nitrogens is 1. The molecule has 1 N–H and O–H groups in total. The third-order valence-corrected chi connectivity index (χ3v) is 12.5. The van der Waals surface area contributed by atoms with Crippen LogP contribution in [-0.4, -0.2) is 22.0 Å². The summed E-state index contributed by atoms with van der Waals surface area (Å²) >= 11 is 15.0. The fourth-order valence-electron chi connectivity index (χ4n) is 7.75. The summed E-state index contributed by atoms with van der Waals surface area (Å²) in [5.74, 6) is 0.0910. The van der Waals surface area contributed by atoms with Gasteiger partial charge in [-0.05, 0) is 83.8 Å². The van der Waals surface area contributed by atoms with Gasteiger partial charge in [-0.2, -0.15) is 0 Å². The lowest BCUT2D eigenvalue weighted by Crippen LogP contribution is -2.42. The molecule has 8 rings (SSSR count). The summed E-state index contributed by atoms with van der Waals surface area (Å²) in [6.45, 7) is 0.429. The highest BCUT2D eigenvalue weighted by Crippen LogP contribution is 2.68. The second-order valence-electron chi connectivity index (χ2n) is 11.4. The Balaban J connectivity index is 1.11. The molecular weight excluding hydrogens is 611 g/mol. The average molecular weight is 636 g/mol. The Bertz CT molecular complexity index is 1770.